The maximum atomic E-state index is 13.2. The van der Waals surface area contributed by atoms with Crippen LogP contribution in [0.5, 0.6) is 0 Å². The van der Waals surface area contributed by atoms with Crippen LogP contribution in [0.15, 0.2) is 42.5 Å². The SMILES string of the molecule is OC(c1cc(F)ccc1Cl)C1Cc2ccccc21. The molecule has 2 aromatic rings. The van der Waals surface area contributed by atoms with Gasteiger partial charge in [-0.1, -0.05) is 35.9 Å². The summed E-state index contributed by atoms with van der Waals surface area (Å²) >= 11 is 6.02. The number of benzene rings is 2. The van der Waals surface area contributed by atoms with Gasteiger partial charge in [0, 0.05) is 16.5 Å². The first-order valence-corrected chi connectivity index (χ1v) is 6.25. The van der Waals surface area contributed by atoms with Crippen molar-refractivity contribution in [3.8, 4) is 0 Å². The minimum absolute atomic E-state index is 0.0144. The number of fused-ring (bicyclic) bond motifs is 1. The summed E-state index contributed by atoms with van der Waals surface area (Å²) in [4.78, 5) is 0. The number of aliphatic hydroxyl groups excluding tert-OH is 1. The van der Waals surface area contributed by atoms with Gasteiger partial charge in [0.1, 0.15) is 5.82 Å². The van der Waals surface area contributed by atoms with E-state index < -0.39 is 6.10 Å². The van der Waals surface area contributed by atoms with Crippen LogP contribution in [0.1, 0.15) is 28.7 Å². The Labute approximate surface area is 110 Å². The standard InChI is InChI=1S/C15H12ClFO/c16-14-6-5-10(17)8-13(14)15(18)12-7-9-3-1-2-4-11(9)12/h1-6,8,12,15,18H,7H2. The van der Waals surface area contributed by atoms with E-state index in [0.717, 1.165) is 12.0 Å². The lowest BCUT2D eigenvalue weighted by atomic mass is 9.73. The molecule has 0 spiro atoms. The molecule has 0 saturated carbocycles. The number of hydrogen-bond acceptors (Lipinski definition) is 1. The number of halogens is 2. The minimum Gasteiger partial charge on any atom is -0.388 e. The van der Waals surface area contributed by atoms with Gasteiger partial charge in [-0.25, -0.2) is 4.39 Å². The van der Waals surface area contributed by atoms with E-state index in [1.165, 1.54) is 23.8 Å². The second-order valence-corrected chi connectivity index (χ2v) is 5.03. The van der Waals surface area contributed by atoms with Crippen LogP contribution in [0.25, 0.3) is 0 Å². The summed E-state index contributed by atoms with van der Waals surface area (Å²) in [6.07, 6.45) is 0.0626. The molecule has 0 radical (unpaired) electrons. The highest BCUT2D eigenvalue weighted by Crippen LogP contribution is 2.44. The fourth-order valence-electron chi connectivity index (χ4n) is 2.54. The van der Waals surface area contributed by atoms with Crippen LogP contribution < -0.4 is 0 Å². The second kappa shape index (κ2) is 4.38. The van der Waals surface area contributed by atoms with Gasteiger partial charge in [0.25, 0.3) is 0 Å². The third kappa shape index (κ3) is 1.82. The van der Waals surface area contributed by atoms with E-state index in [4.69, 9.17) is 11.6 Å². The Bertz CT molecular complexity index is 597. The average Bonchev–Trinajstić information content (AvgIpc) is 2.33. The Morgan fingerprint density at radius 3 is 2.78 bits per heavy atom. The Balaban J connectivity index is 1.93. The molecule has 0 aliphatic heterocycles. The summed E-state index contributed by atoms with van der Waals surface area (Å²) in [5.74, 6) is -0.360. The van der Waals surface area contributed by atoms with Gasteiger partial charge in [0.05, 0.1) is 6.10 Å². The monoisotopic (exact) mass is 262 g/mol. The summed E-state index contributed by atoms with van der Waals surface area (Å²) in [6, 6.07) is 12.1. The van der Waals surface area contributed by atoms with Gasteiger partial charge in [-0.2, -0.15) is 0 Å². The molecule has 1 N–H and O–H groups in total. The molecule has 1 nitrogen and oxygen atoms in total. The van der Waals surface area contributed by atoms with Crippen molar-refractivity contribution in [1.82, 2.24) is 0 Å². The Morgan fingerprint density at radius 1 is 1.22 bits per heavy atom. The van der Waals surface area contributed by atoms with Crippen molar-refractivity contribution in [2.45, 2.75) is 18.4 Å². The highest BCUT2D eigenvalue weighted by molar-refractivity contribution is 6.31. The van der Waals surface area contributed by atoms with Crippen molar-refractivity contribution in [2.75, 3.05) is 0 Å². The molecule has 92 valence electrons. The van der Waals surface area contributed by atoms with Crippen molar-refractivity contribution in [2.24, 2.45) is 0 Å². The predicted octanol–water partition coefficient (Wildman–Crippen LogP) is 3.85. The van der Waals surface area contributed by atoms with E-state index in [-0.39, 0.29) is 11.7 Å². The topological polar surface area (TPSA) is 20.2 Å². The van der Waals surface area contributed by atoms with Crippen LogP contribution in [-0.4, -0.2) is 5.11 Å². The Kier molecular flexibility index (Phi) is 2.84. The van der Waals surface area contributed by atoms with Gasteiger partial charge in [0.2, 0.25) is 0 Å². The molecule has 0 fully saturated rings. The van der Waals surface area contributed by atoms with Crippen LogP contribution in [0.3, 0.4) is 0 Å². The average molecular weight is 263 g/mol. The van der Waals surface area contributed by atoms with Crippen LogP contribution in [0, 0.1) is 5.82 Å². The van der Waals surface area contributed by atoms with Crippen LogP contribution in [-0.2, 0) is 6.42 Å². The molecule has 1 aliphatic carbocycles. The van der Waals surface area contributed by atoms with Crippen molar-refractivity contribution in [1.29, 1.82) is 0 Å². The summed E-state index contributed by atoms with van der Waals surface area (Å²) < 4.78 is 13.2. The lowest BCUT2D eigenvalue weighted by Crippen LogP contribution is -2.23. The van der Waals surface area contributed by atoms with Gasteiger partial charge in [-0.3, -0.25) is 0 Å². The van der Waals surface area contributed by atoms with E-state index in [1.54, 1.807) is 0 Å². The molecular formula is C15H12ClFO. The quantitative estimate of drug-likeness (QED) is 0.872. The van der Waals surface area contributed by atoms with Gasteiger partial charge < -0.3 is 5.11 Å². The fourth-order valence-corrected chi connectivity index (χ4v) is 2.77. The molecule has 0 heterocycles. The fraction of sp³-hybridized carbons (Fsp3) is 0.200. The summed E-state index contributed by atoms with van der Waals surface area (Å²) in [6.45, 7) is 0. The third-order valence-corrected chi connectivity index (χ3v) is 3.90. The van der Waals surface area contributed by atoms with Crippen molar-refractivity contribution >= 4 is 11.6 Å². The van der Waals surface area contributed by atoms with Crippen molar-refractivity contribution < 1.29 is 9.50 Å². The largest absolute Gasteiger partial charge is 0.388 e. The predicted molar refractivity (Wildman–Crippen MR) is 69.3 cm³/mol. The zero-order valence-corrected chi connectivity index (χ0v) is 10.4. The molecule has 3 heteroatoms. The summed E-state index contributed by atoms with van der Waals surface area (Å²) in [5.41, 5.74) is 2.84. The van der Waals surface area contributed by atoms with E-state index in [9.17, 15) is 9.50 Å². The van der Waals surface area contributed by atoms with Gasteiger partial charge >= 0.3 is 0 Å². The molecule has 18 heavy (non-hydrogen) atoms. The molecule has 2 atom stereocenters. The van der Waals surface area contributed by atoms with Gasteiger partial charge in [-0.05, 0) is 35.7 Å². The van der Waals surface area contributed by atoms with E-state index in [0.29, 0.717) is 10.6 Å². The van der Waals surface area contributed by atoms with Crippen LogP contribution >= 0.6 is 11.6 Å². The third-order valence-electron chi connectivity index (χ3n) is 3.55. The van der Waals surface area contributed by atoms with Crippen molar-refractivity contribution in [3.63, 3.8) is 0 Å². The highest BCUT2D eigenvalue weighted by Gasteiger charge is 2.33. The molecule has 0 amide bonds. The first-order chi connectivity index (χ1) is 8.66. The number of rotatable bonds is 2. The molecular weight excluding hydrogens is 251 g/mol. The van der Waals surface area contributed by atoms with Crippen LogP contribution in [0.2, 0.25) is 5.02 Å². The zero-order chi connectivity index (χ0) is 12.7. The molecule has 3 rings (SSSR count). The summed E-state index contributed by atoms with van der Waals surface area (Å²) in [7, 11) is 0. The van der Waals surface area contributed by atoms with Crippen molar-refractivity contribution in [3.05, 3.63) is 70.0 Å². The molecule has 2 unspecified atom stereocenters. The van der Waals surface area contributed by atoms with Gasteiger partial charge in [-0.15, -0.1) is 0 Å². The summed E-state index contributed by atoms with van der Waals surface area (Å²) in [5, 5.41) is 10.8. The molecule has 2 aromatic carbocycles. The first kappa shape index (κ1) is 11.7. The number of aliphatic hydroxyl groups is 1. The molecule has 1 aliphatic rings. The normalized spacial score (nSPS) is 18.9. The van der Waals surface area contributed by atoms with E-state index in [1.807, 2.05) is 24.3 Å². The maximum absolute atomic E-state index is 13.2. The maximum Gasteiger partial charge on any atom is 0.123 e. The highest BCUT2D eigenvalue weighted by atomic mass is 35.5. The van der Waals surface area contributed by atoms with E-state index >= 15 is 0 Å². The molecule has 0 aromatic heterocycles. The second-order valence-electron chi connectivity index (χ2n) is 4.62. The lowest BCUT2D eigenvalue weighted by Gasteiger charge is -2.34. The Hall–Kier alpha value is -1.38. The smallest absolute Gasteiger partial charge is 0.123 e. The number of hydrogen-bond donors (Lipinski definition) is 1. The lowest BCUT2D eigenvalue weighted by molar-refractivity contribution is 0.134. The van der Waals surface area contributed by atoms with E-state index in [2.05, 4.69) is 0 Å². The molecule has 0 bridgehead atoms. The van der Waals surface area contributed by atoms with Gasteiger partial charge in [0.15, 0.2) is 0 Å². The molecule has 0 saturated heterocycles. The minimum atomic E-state index is -0.747. The zero-order valence-electron chi connectivity index (χ0n) is 9.61. The first-order valence-electron chi connectivity index (χ1n) is 5.87. The van der Waals surface area contributed by atoms with Crippen LogP contribution in [0.4, 0.5) is 4.39 Å². The Morgan fingerprint density at radius 2 is 2.00 bits per heavy atom.